The van der Waals surface area contributed by atoms with Crippen LogP contribution in [0.4, 0.5) is 11.4 Å². The van der Waals surface area contributed by atoms with Crippen LogP contribution in [0.5, 0.6) is 0 Å². The molecule has 5 nitrogen and oxygen atoms in total. The topological polar surface area (TPSA) is 43.4 Å². The lowest BCUT2D eigenvalue weighted by molar-refractivity contribution is 0.209. The fourth-order valence-corrected chi connectivity index (χ4v) is 8.04. The van der Waals surface area contributed by atoms with Crippen molar-refractivity contribution in [1.82, 2.24) is 15.2 Å². The molecule has 0 aliphatic carbocycles. The summed E-state index contributed by atoms with van der Waals surface area (Å²) in [5, 5.41) is 7.87. The van der Waals surface area contributed by atoms with Gasteiger partial charge in [-0.3, -0.25) is 15.2 Å². The first-order valence-electron chi connectivity index (χ1n) is 11.7. The first-order chi connectivity index (χ1) is 15.1. The van der Waals surface area contributed by atoms with Gasteiger partial charge < -0.3 is 10.2 Å². The summed E-state index contributed by atoms with van der Waals surface area (Å²) >= 11 is -0.139. The summed E-state index contributed by atoms with van der Waals surface area (Å²) in [6.07, 6.45) is 5.59. The van der Waals surface area contributed by atoms with Gasteiger partial charge in [0.05, 0.1) is 32.8 Å². The quantitative estimate of drug-likeness (QED) is 0.569. The molecule has 0 bridgehead atoms. The van der Waals surface area contributed by atoms with Gasteiger partial charge in [0.1, 0.15) is 0 Å². The van der Waals surface area contributed by atoms with Gasteiger partial charge in [-0.15, -0.1) is 0 Å². The molecule has 166 valence electrons. The zero-order valence-corrected chi connectivity index (χ0v) is 21.0. The van der Waals surface area contributed by atoms with Crippen LogP contribution >= 0.6 is 20.7 Å². The number of halogens is 1. The molecule has 2 aromatic rings. The molecule has 3 aliphatic heterocycles. The second kappa shape index (κ2) is 9.16. The molecule has 5 rings (SSSR count). The smallest absolute Gasteiger partial charge is 0.0755 e. The van der Waals surface area contributed by atoms with Crippen LogP contribution in [-0.2, 0) is 0 Å². The number of benzene rings is 1. The third-order valence-electron chi connectivity index (χ3n) is 6.90. The number of rotatable bonds is 4. The number of aryl methyl sites for hydroxylation is 1. The maximum atomic E-state index is 4.70. The molecule has 2 fully saturated rings. The number of aromatic nitrogens is 1. The highest BCUT2D eigenvalue weighted by Gasteiger charge is 2.31. The summed E-state index contributed by atoms with van der Waals surface area (Å²) in [6, 6.07) is 12.6. The summed E-state index contributed by atoms with van der Waals surface area (Å²) in [4.78, 5) is 9.88. The van der Waals surface area contributed by atoms with Gasteiger partial charge in [-0.05, 0) is 63.8 Å². The molecule has 2 saturated heterocycles. The van der Waals surface area contributed by atoms with Gasteiger partial charge in [-0.1, -0.05) is 32.9 Å². The van der Waals surface area contributed by atoms with E-state index in [2.05, 4.69) is 65.5 Å². The van der Waals surface area contributed by atoms with Crippen molar-refractivity contribution >= 4 is 35.7 Å². The number of hydrogen-bond donors (Lipinski definition) is 2. The van der Waals surface area contributed by atoms with Crippen LogP contribution in [0.25, 0.3) is 0 Å². The van der Waals surface area contributed by atoms with Crippen LogP contribution < -0.4 is 15.5 Å². The van der Waals surface area contributed by atoms with Crippen molar-refractivity contribution in [3.8, 4) is 0 Å². The third-order valence-corrected chi connectivity index (χ3v) is 9.98. The highest BCUT2D eigenvalue weighted by molar-refractivity contribution is 14.2. The van der Waals surface area contributed by atoms with Gasteiger partial charge in [0.2, 0.25) is 0 Å². The molecule has 0 unspecified atom stereocenters. The second-order valence-electron chi connectivity index (χ2n) is 9.23. The van der Waals surface area contributed by atoms with Gasteiger partial charge in [0.15, 0.2) is 0 Å². The highest BCUT2D eigenvalue weighted by Crippen LogP contribution is 2.40. The van der Waals surface area contributed by atoms with Crippen molar-refractivity contribution in [2.75, 3.05) is 36.4 Å². The summed E-state index contributed by atoms with van der Waals surface area (Å²) in [6.45, 7) is 11.3. The van der Waals surface area contributed by atoms with Crippen LogP contribution in [0.2, 0.25) is 0 Å². The number of pyridine rings is 1. The Morgan fingerprint density at radius 2 is 1.84 bits per heavy atom. The Balaban J connectivity index is 1.30. The molecule has 3 aliphatic rings. The van der Waals surface area contributed by atoms with Crippen LogP contribution in [0.1, 0.15) is 50.4 Å². The molecule has 31 heavy (non-hydrogen) atoms. The molecule has 6 heteroatoms. The molecule has 2 N–H and O–H groups in total. The zero-order chi connectivity index (χ0) is 21.4. The standard InChI is InChI=1S/C25H34IN5/c1-17(2)30-13-15-31(16-14-30)22-11-4-8-19-24(22)29-25(26-19)21-10-5-9-20(28-21)23-18(3)7-6-12-27-23/h4,6-8,11-12,17,20-21,28-29H,5,9-10,13-16H2,1-3H3/t20-,21+/m0/s1. The maximum absolute atomic E-state index is 4.70. The van der Waals surface area contributed by atoms with Crippen molar-refractivity contribution in [3.05, 3.63) is 51.4 Å². The molecule has 1 aromatic heterocycles. The fraction of sp³-hybridized carbons (Fsp3) is 0.520. The van der Waals surface area contributed by atoms with Crippen molar-refractivity contribution in [3.63, 3.8) is 0 Å². The number of nitrogens with one attached hydrogen (secondary N) is 2. The van der Waals surface area contributed by atoms with Crippen LogP contribution in [0.15, 0.2) is 36.5 Å². The number of piperidine rings is 1. The predicted octanol–water partition coefficient (Wildman–Crippen LogP) is 4.50. The zero-order valence-electron chi connectivity index (χ0n) is 18.9. The van der Waals surface area contributed by atoms with Gasteiger partial charge in [-0.25, -0.2) is 0 Å². The SMILES string of the molecule is Cc1cccnc1[C@@H]1CCC[C@H](C2=Ic3cccc(N4CCN(C(C)C)CC4)c3N2)N1. The van der Waals surface area contributed by atoms with E-state index >= 15 is 0 Å². The van der Waals surface area contributed by atoms with Crippen molar-refractivity contribution in [1.29, 1.82) is 0 Å². The van der Waals surface area contributed by atoms with Crippen LogP contribution in [-0.4, -0.2) is 51.8 Å². The number of nitrogens with zero attached hydrogens (tertiary/aromatic N) is 3. The highest BCUT2D eigenvalue weighted by atomic mass is 127. The number of piperazine rings is 1. The maximum Gasteiger partial charge on any atom is 0.0755 e. The lowest BCUT2D eigenvalue weighted by atomic mass is 9.94. The minimum atomic E-state index is -0.139. The lowest BCUT2D eigenvalue weighted by Crippen LogP contribution is -2.49. The monoisotopic (exact) mass is 531 g/mol. The number of anilines is 2. The van der Waals surface area contributed by atoms with E-state index in [1.165, 1.54) is 41.9 Å². The van der Waals surface area contributed by atoms with Gasteiger partial charge in [0.25, 0.3) is 0 Å². The minimum Gasteiger partial charge on any atom is -0.367 e. The molecule has 0 saturated carbocycles. The second-order valence-corrected chi connectivity index (χ2v) is 12.1. The Labute approximate surface area is 196 Å². The Morgan fingerprint density at radius 1 is 1.03 bits per heavy atom. The van der Waals surface area contributed by atoms with E-state index in [0.717, 1.165) is 26.2 Å². The Hall–Kier alpha value is -1.51. The van der Waals surface area contributed by atoms with Crippen LogP contribution in [0, 0.1) is 10.5 Å². The molecule has 0 spiro atoms. The molecule has 4 heterocycles. The van der Waals surface area contributed by atoms with E-state index in [1.54, 1.807) is 7.20 Å². The molecular weight excluding hydrogens is 497 g/mol. The summed E-state index contributed by atoms with van der Waals surface area (Å²) < 4.78 is 3.09. The Kier molecular flexibility index (Phi) is 6.30. The molecule has 0 amide bonds. The largest absolute Gasteiger partial charge is 0.367 e. The minimum absolute atomic E-state index is 0.139. The van der Waals surface area contributed by atoms with E-state index in [0.29, 0.717) is 18.1 Å². The molecule has 2 atom stereocenters. The molecule has 0 radical (unpaired) electrons. The normalized spacial score (nSPS) is 24.4. The van der Waals surface area contributed by atoms with Gasteiger partial charge in [0, 0.05) is 42.0 Å². The predicted molar refractivity (Wildman–Crippen MR) is 139 cm³/mol. The molecular formula is C25H34IN5. The van der Waals surface area contributed by atoms with E-state index in [9.17, 15) is 0 Å². The fourth-order valence-electron chi connectivity index (χ4n) is 5.08. The van der Waals surface area contributed by atoms with E-state index in [1.807, 2.05) is 12.3 Å². The lowest BCUT2D eigenvalue weighted by Gasteiger charge is -2.39. The number of hydrogen-bond acceptors (Lipinski definition) is 5. The number of fused-ring (bicyclic) bond motifs is 1. The Bertz CT molecular complexity index is 964. The average molecular weight is 531 g/mol. The number of para-hydroxylation sites is 1. The van der Waals surface area contributed by atoms with E-state index in [4.69, 9.17) is 4.98 Å². The summed E-state index contributed by atoms with van der Waals surface area (Å²) in [5.74, 6) is 0. The molecule has 1 aromatic carbocycles. The van der Waals surface area contributed by atoms with Gasteiger partial charge >= 0.3 is 0 Å². The average Bonchev–Trinajstić information content (AvgIpc) is 3.24. The van der Waals surface area contributed by atoms with Crippen LogP contribution in [0.3, 0.4) is 0 Å². The summed E-state index contributed by atoms with van der Waals surface area (Å²) in [7, 11) is 0. The van der Waals surface area contributed by atoms with Crippen molar-refractivity contribution in [2.24, 2.45) is 0 Å². The first kappa shape index (κ1) is 21.3. The van der Waals surface area contributed by atoms with Crippen molar-refractivity contribution < 1.29 is 0 Å². The third kappa shape index (κ3) is 4.39. The Morgan fingerprint density at radius 3 is 2.61 bits per heavy atom. The van der Waals surface area contributed by atoms with E-state index < -0.39 is 0 Å². The summed E-state index contributed by atoms with van der Waals surface area (Å²) in [5.41, 5.74) is 5.32. The van der Waals surface area contributed by atoms with E-state index in [-0.39, 0.29) is 20.7 Å². The van der Waals surface area contributed by atoms with Gasteiger partial charge in [-0.2, -0.15) is 0 Å². The van der Waals surface area contributed by atoms with Crippen molar-refractivity contribution in [2.45, 2.75) is 58.2 Å². The first-order valence-corrected chi connectivity index (χ1v) is 13.8.